The second kappa shape index (κ2) is 4.52. The molecule has 3 nitrogen and oxygen atoms in total. The molecular formula is C12H21NO2. The Balaban J connectivity index is 1.80. The Morgan fingerprint density at radius 2 is 2.13 bits per heavy atom. The van der Waals surface area contributed by atoms with Crippen LogP contribution in [0.1, 0.15) is 39.0 Å². The summed E-state index contributed by atoms with van der Waals surface area (Å²) < 4.78 is 0. The van der Waals surface area contributed by atoms with Crippen LogP contribution < -0.4 is 0 Å². The van der Waals surface area contributed by atoms with E-state index in [4.69, 9.17) is 5.11 Å². The van der Waals surface area contributed by atoms with Crippen LogP contribution in [0.3, 0.4) is 0 Å². The molecule has 2 unspecified atom stereocenters. The topological polar surface area (TPSA) is 40.5 Å². The Kier molecular flexibility index (Phi) is 3.29. The van der Waals surface area contributed by atoms with Crippen molar-refractivity contribution in [2.24, 2.45) is 11.8 Å². The molecule has 86 valence electrons. The van der Waals surface area contributed by atoms with Crippen LogP contribution in [0.4, 0.5) is 0 Å². The van der Waals surface area contributed by atoms with E-state index in [0.29, 0.717) is 6.04 Å². The average Bonchev–Trinajstić information content (AvgIpc) is 2.12. The number of hydrogen-bond donors (Lipinski definition) is 1. The van der Waals surface area contributed by atoms with E-state index in [1.54, 1.807) is 0 Å². The molecule has 2 atom stereocenters. The van der Waals surface area contributed by atoms with Crippen LogP contribution in [0.2, 0.25) is 0 Å². The molecule has 1 heterocycles. The standard InChI is InChI=1S/C12H21NO2/c1-9-7-11(12(14)15)5-6-13(9)8-10-3-2-4-10/h9-11H,2-8H2,1H3,(H,14,15). The third-order valence-corrected chi connectivity index (χ3v) is 4.08. The zero-order valence-electron chi connectivity index (χ0n) is 9.48. The summed E-state index contributed by atoms with van der Waals surface area (Å²) in [6.07, 6.45) is 5.83. The first-order valence-electron chi connectivity index (χ1n) is 6.13. The van der Waals surface area contributed by atoms with Crippen LogP contribution in [0.5, 0.6) is 0 Å². The summed E-state index contributed by atoms with van der Waals surface area (Å²) in [6, 6.07) is 0.459. The van der Waals surface area contributed by atoms with Gasteiger partial charge >= 0.3 is 5.97 Å². The summed E-state index contributed by atoms with van der Waals surface area (Å²) in [6.45, 7) is 4.36. The molecule has 1 aliphatic carbocycles. The second-order valence-corrected chi connectivity index (χ2v) is 5.20. The predicted molar refractivity (Wildman–Crippen MR) is 58.7 cm³/mol. The van der Waals surface area contributed by atoms with Crippen LogP contribution in [0.25, 0.3) is 0 Å². The zero-order chi connectivity index (χ0) is 10.8. The van der Waals surface area contributed by atoms with Crippen molar-refractivity contribution < 1.29 is 9.90 Å². The summed E-state index contributed by atoms with van der Waals surface area (Å²) in [5, 5.41) is 8.96. The first-order chi connectivity index (χ1) is 7.16. The fourth-order valence-electron chi connectivity index (χ4n) is 2.72. The van der Waals surface area contributed by atoms with Crippen molar-refractivity contribution in [2.75, 3.05) is 13.1 Å². The van der Waals surface area contributed by atoms with E-state index in [-0.39, 0.29) is 5.92 Å². The zero-order valence-corrected chi connectivity index (χ0v) is 9.48. The Bertz CT molecular complexity index is 238. The molecular weight excluding hydrogens is 190 g/mol. The second-order valence-electron chi connectivity index (χ2n) is 5.20. The highest BCUT2D eigenvalue weighted by molar-refractivity contribution is 5.70. The van der Waals surface area contributed by atoms with Gasteiger partial charge in [0.15, 0.2) is 0 Å². The van der Waals surface area contributed by atoms with Gasteiger partial charge in [0.25, 0.3) is 0 Å². The molecule has 3 heteroatoms. The fourth-order valence-corrected chi connectivity index (χ4v) is 2.72. The lowest BCUT2D eigenvalue weighted by Gasteiger charge is -2.40. The largest absolute Gasteiger partial charge is 0.481 e. The number of rotatable bonds is 3. The quantitative estimate of drug-likeness (QED) is 0.776. The van der Waals surface area contributed by atoms with Crippen LogP contribution in [-0.2, 0) is 4.79 Å². The first kappa shape index (κ1) is 10.9. The van der Waals surface area contributed by atoms with Gasteiger partial charge in [0, 0.05) is 12.6 Å². The smallest absolute Gasteiger partial charge is 0.306 e. The first-order valence-corrected chi connectivity index (χ1v) is 6.13. The minimum atomic E-state index is -0.606. The van der Waals surface area contributed by atoms with Crippen molar-refractivity contribution in [3.05, 3.63) is 0 Å². The van der Waals surface area contributed by atoms with Crippen LogP contribution in [0, 0.1) is 11.8 Å². The van der Waals surface area contributed by atoms with E-state index < -0.39 is 5.97 Å². The molecule has 15 heavy (non-hydrogen) atoms. The lowest BCUT2D eigenvalue weighted by atomic mass is 9.83. The molecule has 1 aliphatic heterocycles. The maximum absolute atomic E-state index is 10.9. The van der Waals surface area contributed by atoms with E-state index in [1.807, 2.05) is 0 Å². The van der Waals surface area contributed by atoms with Crippen molar-refractivity contribution >= 4 is 5.97 Å². The Morgan fingerprint density at radius 3 is 2.60 bits per heavy atom. The highest BCUT2D eigenvalue weighted by Crippen LogP contribution is 2.30. The van der Waals surface area contributed by atoms with Crippen molar-refractivity contribution in [1.82, 2.24) is 4.90 Å². The van der Waals surface area contributed by atoms with Gasteiger partial charge in [-0.05, 0) is 45.1 Å². The Morgan fingerprint density at radius 1 is 1.40 bits per heavy atom. The fraction of sp³-hybridized carbons (Fsp3) is 0.917. The molecule has 0 aromatic heterocycles. The number of hydrogen-bond acceptors (Lipinski definition) is 2. The molecule has 0 radical (unpaired) electrons. The van der Waals surface area contributed by atoms with Crippen molar-refractivity contribution in [1.29, 1.82) is 0 Å². The number of piperidine rings is 1. The van der Waals surface area contributed by atoms with Crippen molar-refractivity contribution in [2.45, 2.75) is 45.1 Å². The number of carboxylic acid groups (broad SMARTS) is 1. The van der Waals surface area contributed by atoms with Gasteiger partial charge < -0.3 is 10.0 Å². The van der Waals surface area contributed by atoms with Gasteiger partial charge in [-0.15, -0.1) is 0 Å². The highest BCUT2D eigenvalue weighted by Gasteiger charge is 2.31. The molecule has 2 rings (SSSR count). The lowest BCUT2D eigenvalue weighted by molar-refractivity contribution is -0.144. The maximum Gasteiger partial charge on any atom is 0.306 e. The molecule has 0 amide bonds. The van der Waals surface area contributed by atoms with Gasteiger partial charge in [-0.2, -0.15) is 0 Å². The molecule has 0 spiro atoms. The van der Waals surface area contributed by atoms with Gasteiger partial charge in [0.05, 0.1) is 5.92 Å². The summed E-state index contributed by atoms with van der Waals surface area (Å²) in [7, 11) is 0. The van der Waals surface area contributed by atoms with E-state index >= 15 is 0 Å². The molecule has 1 saturated heterocycles. The molecule has 0 aromatic rings. The van der Waals surface area contributed by atoms with Crippen LogP contribution in [-0.4, -0.2) is 35.1 Å². The normalized spacial score (nSPS) is 33.7. The van der Waals surface area contributed by atoms with E-state index in [0.717, 1.165) is 25.3 Å². The van der Waals surface area contributed by atoms with Crippen molar-refractivity contribution in [3.63, 3.8) is 0 Å². The highest BCUT2D eigenvalue weighted by atomic mass is 16.4. The maximum atomic E-state index is 10.9. The summed E-state index contributed by atoms with van der Waals surface area (Å²) in [5.41, 5.74) is 0. The predicted octanol–water partition coefficient (Wildman–Crippen LogP) is 1.97. The SMILES string of the molecule is CC1CC(C(=O)O)CCN1CC1CCC1. The third kappa shape index (κ3) is 2.51. The number of likely N-dealkylation sites (tertiary alicyclic amines) is 1. The Labute approximate surface area is 91.5 Å². The molecule has 1 saturated carbocycles. The number of carboxylic acids is 1. The molecule has 0 bridgehead atoms. The molecule has 1 N–H and O–H groups in total. The summed E-state index contributed by atoms with van der Waals surface area (Å²) >= 11 is 0. The van der Waals surface area contributed by atoms with Crippen molar-refractivity contribution in [3.8, 4) is 0 Å². The number of aliphatic carboxylic acids is 1. The van der Waals surface area contributed by atoms with Gasteiger partial charge in [-0.3, -0.25) is 4.79 Å². The number of nitrogens with zero attached hydrogens (tertiary/aromatic N) is 1. The molecule has 0 aromatic carbocycles. The third-order valence-electron chi connectivity index (χ3n) is 4.08. The van der Waals surface area contributed by atoms with E-state index in [2.05, 4.69) is 11.8 Å². The van der Waals surface area contributed by atoms with Gasteiger partial charge in [0.2, 0.25) is 0 Å². The summed E-state index contributed by atoms with van der Waals surface area (Å²) in [5.74, 6) is 0.191. The Hall–Kier alpha value is -0.570. The monoisotopic (exact) mass is 211 g/mol. The minimum absolute atomic E-state index is 0.0994. The molecule has 2 fully saturated rings. The van der Waals surface area contributed by atoms with Gasteiger partial charge in [0.1, 0.15) is 0 Å². The van der Waals surface area contributed by atoms with Gasteiger partial charge in [-0.25, -0.2) is 0 Å². The van der Waals surface area contributed by atoms with E-state index in [1.165, 1.54) is 25.8 Å². The van der Waals surface area contributed by atoms with Crippen LogP contribution in [0.15, 0.2) is 0 Å². The van der Waals surface area contributed by atoms with Crippen LogP contribution >= 0.6 is 0 Å². The lowest BCUT2D eigenvalue weighted by Crippen LogP contribution is -2.45. The minimum Gasteiger partial charge on any atom is -0.481 e. The average molecular weight is 211 g/mol. The number of carbonyl (C=O) groups is 1. The molecule has 2 aliphatic rings. The van der Waals surface area contributed by atoms with E-state index in [9.17, 15) is 4.79 Å². The van der Waals surface area contributed by atoms with Gasteiger partial charge in [-0.1, -0.05) is 6.42 Å². The summed E-state index contributed by atoms with van der Waals surface area (Å²) in [4.78, 5) is 13.4.